The third-order valence-electron chi connectivity index (χ3n) is 5.24. The monoisotopic (exact) mass is 446 g/mol. The van der Waals surface area contributed by atoms with Crippen molar-refractivity contribution in [2.45, 2.75) is 43.9 Å². The van der Waals surface area contributed by atoms with Gasteiger partial charge in [-0.3, -0.25) is 4.79 Å². The maximum Gasteiger partial charge on any atom is 0.262 e. The number of carbonyl (C=O) groups is 1. The van der Waals surface area contributed by atoms with Crippen LogP contribution in [0.5, 0.6) is 11.5 Å². The number of nitrogens with zero attached hydrogens (tertiary/aromatic N) is 1. The van der Waals surface area contributed by atoms with E-state index in [0.717, 1.165) is 12.8 Å². The second kappa shape index (κ2) is 9.28. The van der Waals surface area contributed by atoms with Gasteiger partial charge in [-0.25, -0.2) is 8.42 Å². The summed E-state index contributed by atoms with van der Waals surface area (Å²) in [5, 5.41) is 2.70. The predicted molar refractivity (Wildman–Crippen MR) is 120 cm³/mol. The molecule has 0 aliphatic carbocycles. The van der Waals surface area contributed by atoms with Crippen LogP contribution in [-0.2, 0) is 20.2 Å². The standard InChI is InChI=1S/C23H30N2O5S/c1-23(2,3)17-7-9-18(10-8-17)30-16-22(26)24-20-15-19(11-12-21(20)29-4)31(27,28)25-13-5-6-14-25/h7-12,15H,5-6,13-14,16H2,1-4H3,(H,24,26). The lowest BCUT2D eigenvalue weighted by Gasteiger charge is -2.19. The molecular formula is C23H30N2O5S. The van der Waals surface area contributed by atoms with Crippen LogP contribution in [0, 0.1) is 0 Å². The summed E-state index contributed by atoms with van der Waals surface area (Å²) in [6, 6.07) is 12.1. The van der Waals surface area contributed by atoms with Gasteiger partial charge in [0, 0.05) is 13.1 Å². The van der Waals surface area contributed by atoms with Gasteiger partial charge in [0.25, 0.3) is 5.91 Å². The molecule has 0 bridgehead atoms. The first-order valence-corrected chi connectivity index (χ1v) is 11.8. The first-order chi connectivity index (χ1) is 14.6. The minimum Gasteiger partial charge on any atom is -0.495 e. The lowest BCUT2D eigenvalue weighted by Crippen LogP contribution is -2.28. The van der Waals surface area contributed by atoms with Crippen LogP contribution in [-0.4, -0.2) is 45.4 Å². The molecule has 1 heterocycles. The Kier molecular flexibility index (Phi) is 6.91. The summed E-state index contributed by atoms with van der Waals surface area (Å²) in [6.45, 7) is 7.20. The van der Waals surface area contributed by atoms with Gasteiger partial charge in [0.05, 0.1) is 17.7 Å². The van der Waals surface area contributed by atoms with E-state index in [-0.39, 0.29) is 16.9 Å². The Balaban J connectivity index is 1.68. The van der Waals surface area contributed by atoms with Gasteiger partial charge in [-0.15, -0.1) is 0 Å². The van der Waals surface area contributed by atoms with Crippen LogP contribution in [0.3, 0.4) is 0 Å². The molecule has 1 saturated heterocycles. The second-order valence-corrected chi connectivity index (χ2v) is 10.5. The molecule has 168 valence electrons. The Morgan fingerprint density at radius 2 is 1.71 bits per heavy atom. The highest BCUT2D eigenvalue weighted by Gasteiger charge is 2.28. The maximum absolute atomic E-state index is 12.8. The molecule has 1 aliphatic rings. The molecule has 0 radical (unpaired) electrons. The zero-order valence-corrected chi connectivity index (χ0v) is 19.3. The normalized spacial score (nSPS) is 15.0. The van der Waals surface area contributed by atoms with Crippen molar-refractivity contribution in [1.29, 1.82) is 0 Å². The molecular weight excluding hydrogens is 416 g/mol. The fraction of sp³-hybridized carbons (Fsp3) is 0.435. The first kappa shape index (κ1) is 23.1. The van der Waals surface area contributed by atoms with Crippen LogP contribution in [0.25, 0.3) is 0 Å². The van der Waals surface area contributed by atoms with Crippen LogP contribution < -0.4 is 14.8 Å². The molecule has 1 N–H and O–H groups in total. The predicted octanol–water partition coefficient (Wildman–Crippen LogP) is 3.79. The lowest BCUT2D eigenvalue weighted by atomic mass is 9.87. The third kappa shape index (κ3) is 5.57. The summed E-state index contributed by atoms with van der Waals surface area (Å²) in [7, 11) is -2.13. The van der Waals surface area contributed by atoms with Crippen molar-refractivity contribution in [2.75, 3.05) is 32.1 Å². The van der Waals surface area contributed by atoms with Crippen molar-refractivity contribution < 1.29 is 22.7 Å². The Hall–Kier alpha value is -2.58. The first-order valence-electron chi connectivity index (χ1n) is 10.3. The summed E-state index contributed by atoms with van der Waals surface area (Å²) in [5.41, 5.74) is 1.50. The Bertz CT molecular complexity index is 1020. The topological polar surface area (TPSA) is 84.9 Å². The lowest BCUT2D eigenvalue weighted by molar-refractivity contribution is -0.118. The van der Waals surface area contributed by atoms with Crippen molar-refractivity contribution in [3.63, 3.8) is 0 Å². The number of sulfonamides is 1. The van der Waals surface area contributed by atoms with E-state index >= 15 is 0 Å². The molecule has 8 heteroatoms. The largest absolute Gasteiger partial charge is 0.495 e. The number of ether oxygens (including phenoxy) is 2. The molecule has 31 heavy (non-hydrogen) atoms. The Morgan fingerprint density at radius 3 is 2.29 bits per heavy atom. The summed E-state index contributed by atoms with van der Waals surface area (Å²) in [4.78, 5) is 12.6. The quantitative estimate of drug-likeness (QED) is 0.699. The van der Waals surface area contributed by atoms with Gasteiger partial charge in [0.15, 0.2) is 6.61 Å². The molecule has 0 atom stereocenters. The van der Waals surface area contributed by atoms with E-state index in [1.165, 1.54) is 29.1 Å². The van der Waals surface area contributed by atoms with Gasteiger partial charge >= 0.3 is 0 Å². The minimum atomic E-state index is -3.60. The fourth-order valence-electron chi connectivity index (χ4n) is 3.41. The molecule has 1 aliphatic heterocycles. The van der Waals surface area contributed by atoms with Crippen LogP contribution >= 0.6 is 0 Å². The molecule has 0 spiro atoms. The second-order valence-electron chi connectivity index (χ2n) is 8.58. The summed E-state index contributed by atoms with van der Waals surface area (Å²) in [6.07, 6.45) is 1.71. The molecule has 7 nitrogen and oxygen atoms in total. The highest BCUT2D eigenvalue weighted by Crippen LogP contribution is 2.30. The molecule has 0 aromatic heterocycles. The van der Waals surface area contributed by atoms with Crippen LogP contribution in [0.2, 0.25) is 0 Å². The van der Waals surface area contributed by atoms with Crippen molar-refractivity contribution in [3.05, 3.63) is 48.0 Å². The molecule has 2 aromatic carbocycles. The third-order valence-corrected chi connectivity index (χ3v) is 7.13. The Morgan fingerprint density at radius 1 is 1.06 bits per heavy atom. The summed E-state index contributed by atoms with van der Waals surface area (Å²) >= 11 is 0. The van der Waals surface area contributed by atoms with Gasteiger partial charge in [-0.05, 0) is 54.2 Å². The van der Waals surface area contributed by atoms with Gasteiger partial charge in [0.1, 0.15) is 11.5 Å². The minimum absolute atomic E-state index is 0.0346. The van der Waals surface area contributed by atoms with Crippen molar-refractivity contribution in [1.82, 2.24) is 4.31 Å². The molecule has 1 fully saturated rings. The number of methoxy groups -OCH3 is 1. The van der Waals surface area contributed by atoms with Gasteiger partial charge < -0.3 is 14.8 Å². The van der Waals surface area contributed by atoms with E-state index < -0.39 is 15.9 Å². The van der Waals surface area contributed by atoms with E-state index in [0.29, 0.717) is 30.3 Å². The molecule has 0 saturated carbocycles. The number of rotatable bonds is 7. The van der Waals surface area contributed by atoms with Gasteiger partial charge in [0.2, 0.25) is 10.0 Å². The number of amides is 1. The van der Waals surface area contributed by atoms with Crippen LogP contribution in [0.15, 0.2) is 47.4 Å². The summed E-state index contributed by atoms with van der Waals surface area (Å²) in [5.74, 6) is 0.553. The van der Waals surface area contributed by atoms with Crippen molar-refractivity contribution in [3.8, 4) is 11.5 Å². The highest BCUT2D eigenvalue weighted by molar-refractivity contribution is 7.89. The average molecular weight is 447 g/mol. The molecule has 0 unspecified atom stereocenters. The number of anilines is 1. The summed E-state index contributed by atoms with van der Waals surface area (Å²) < 4.78 is 38.0. The zero-order valence-electron chi connectivity index (χ0n) is 18.5. The van der Waals surface area contributed by atoms with Crippen LogP contribution in [0.1, 0.15) is 39.2 Å². The van der Waals surface area contributed by atoms with Gasteiger partial charge in [-0.2, -0.15) is 4.31 Å². The Labute approximate surface area is 184 Å². The van der Waals surface area contributed by atoms with Gasteiger partial charge in [-0.1, -0.05) is 32.9 Å². The number of carbonyl (C=O) groups excluding carboxylic acids is 1. The SMILES string of the molecule is COc1ccc(S(=O)(=O)N2CCCC2)cc1NC(=O)COc1ccc(C(C)(C)C)cc1. The van der Waals surface area contributed by atoms with Crippen molar-refractivity contribution in [2.24, 2.45) is 0 Å². The van der Waals surface area contributed by atoms with E-state index in [1.54, 1.807) is 6.07 Å². The molecule has 3 rings (SSSR count). The van der Waals surface area contributed by atoms with Crippen LogP contribution in [0.4, 0.5) is 5.69 Å². The zero-order chi connectivity index (χ0) is 22.6. The number of hydrogen-bond acceptors (Lipinski definition) is 5. The molecule has 1 amide bonds. The number of nitrogens with one attached hydrogen (secondary N) is 1. The smallest absolute Gasteiger partial charge is 0.262 e. The van der Waals surface area contributed by atoms with E-state index in [2.05, 4.69) is 26.1 Å². The molecule has 2 aromatic rings. The number of benzene rings is 2. The maximum atomic E-state index is 12.8. The van der Waals surface area contributed by atoms with E-state index in [9.17, 15) is 13.2 Å². The van der Waals surface area contributed by atoms with Crippen molar-refractivity contribution >= 4 is 21.6 Å². The van der Waals surface area contributed by atoms with E-state index in [4.69, 9.17) is 9.47 Å². The average Bonchev–Trinajstić information content (AvgIpc) is 3.28. The number of hydrogen-bond donors (Lipinski definition) is 1. The van der Waals surface area contributed by atoms with E-state index in [1.807, 2.05) is 24.3 Å². The highest BCUT2D eigenvalue weighted by atomic mass is 32.2. The fourth-order valence-corrected chi connectivity index (χ4v) is 4.95.